The quantitative estimate of drug-likeness (QED) is 0.280. The number of piperidine rings is 1. The van der Waals surface area contributed by atoms with Crippen molar-refractivity contribution in [1.29, 1.82) is 0 Å². The van der Waals surface area contributed by atoms with Crippen molar-refractivity contribution in [2.45, 2.75) is 108 Å². The van der Waals surface area contributed by atoms with Gasteiger partial charge in [-0.1, -0.05) is 48.5 Å². The van der Waals surface area contributed by atoms with Gasteiger partial charge in [-0.2, -0.15) is 5.10 Å². The summed E-state index contributed by atoms with van der Waals surface area (Å²) in [4.78, 5) is 45.0. The molecule has 0 spiro atoms. The summed E-state index contributed by atoms with van der Waals surface area (Å²) in [5.41, 5.74) is -2.73. The zero-order chi connectivity index (χ0) is 33.7. The first-order valence-electron chi connectivity index (χ1n) is 15.3. The molecule has 0 saturated carbocycles. The van der Waals surface area contributed by atoms with E-state index in [4.69, 9.17) is 0 Å². The van der Waals surface area contributed by atoms with Crippen molar-refractivity contribution < 1.29 is 29.0 Å². The van der Waals surface area contributed by atoms with Gasteiger partial charge in [0.2, 0.25) is 0 Å². The van der Waals surface area contributed by atoms with Crippen molar-refractivity contribution in [3.05, 3.63) is 34.9 Å². The molecule has 0 bridgehead atoms. The number of carboxylic acid groups (broad SMARTS) is 2. The van der Waals surface area contributed by atoms with E-state index in [2.05, 4.69) is 15.4 Å². The number of ketones is 1. The first-order valence-corrected chi connectivity index (χ1v) is 15.3. The summed E-state index contributed by atoms with van der Waals surface area (Å²) in [6.07, 6.45) is -1.41. The minimum atomic E-state index is -1.62. The number of anilines is 2. The number of carbonyl (C=O) groups excluding carboxylic acids is 1. The number of nitrogens with one attached hydrogen (secondary N) is 1. The minimum absolute atomic E-state index is 0.0390. The van der Waals surface area contributed by atoms with Gasteiger partial charge < -0.3 is 20.4 Å². The van der Waals surface area contributed by atoms with Gasteiger partial charge in [-0.25, -0.2) is 14.2 Å². The molecule has 3 heterocycles. The molecule has 0 radical (unpaired) electrons. The second-order valence-corrected chi connectivity index (χ2v) is 15.4. The van der Waals surface area contributed by atoms with E-state index in [0.717, 1.165) is 5.69 Å². The first-order chi connectivity index (χ1) is 20.0. The van der Waals surface area contributed by atoms with Crippen LogP contribution >= 0.6 is 0 Å². The number of Topliss-reactive ketones (excluding diaryl/α,β-unsaturated/α-hetero) is 1. The fourth-order valence-corrected chi connectivity index (χ4v) is 7.52. The van der Waals surface area contributed by atoms with E-state index < -0.39 is 57.8 Å². The smallest absolute Gasteiger partial charge is 0.407 e. The molecule has 1 fully saturated rings. The Morgan fingerprint density at radius 3 is 2.05 bits per heavy atom. The summed E-state index contributed by atoms with van der Waals surface area (Å²) in [6, 6.07) is 2.49. The van der Waals surface area contributed by atoms with Crippen LogP contribution in [0, 0.1) is 40.8 Å². The van der Waals surface area contributed by atoms with E-state index >= 15 is 4.39 Å². The lowest BCUT2D eigenvalue weighted by atomic mass is 9.48. The Hall–Kier alpha value is -3.50. The Kier molecular flexibility index (Phi) is 9.37. The number of carboxylic acids is 1. The monoisotopic (exact) mass is 615 g/mol. The van der Waals surface area contributed by atoms with E-state index in [0.29, 0.717) is 5.82 Å². The summed E-state index contributed by atoms with van der Waals surface area (Å²) in [5, 5.41) is 29.1. The van der Waals surface area contributed by atoms with Gasteiger partial charge in [-0.15, -0.1) is 0 Å². The number of hydrogen-bond donors (Lipinski definition) is 3. The molecule has 3 rings (SSSR count). The highest BCUT2D eigenvalue weighted by Crippen LogP contribution is 2.58. The maximum absolute atomic E-state index is 16.4. The average molecular weight is 616 g/mol. The minimum Gasteiger partial charge on any atom is -0.481 e. The third-order valence-corrected chi connectivity index (χ3v) is 9.04. The van der Waals surface area contributed by atoms with Gasteiger partial charge in [-0.3, -0.25) is 14.3 Å². The number of halogens is 1. The first kappa shape index (κ1) is 35.0. The van der Waals surface area contributed by atoms with E-state index in [1.807, 2.05) is 80.0 Å². The van der Waals surface area contributed by atoms with Crippen molar-refractivity contribution >= 4 is 29.5 Å². The van der Waals surface area contributed by atoms with E-state index in [1.54, 1.807) is 13.8 Å². The van der Waals surface area contributed by atoms with Crippen LogP contribution in [0.15, 0.2) is 12.1 Å². The lowest BCUT2D eigenvalue weighted by Crippen LogP contribution is -2.68. The molecule has 44 heavy (non-hydrogen) atoms. The molecule has 2 aromatic rings. The number of aromatic nitrogens is 3. The number of amides is 1. The topological polar surface area (TPSA) is 138 Å². The number of carbonyl (C=O) groups is 3. The molecule has 1 aliphatic rings. The number of aryl methyl sites for hydroxylation is 1. The molecule has 2 aromatic heterocycles. The maximum Gasteiger partial charge on any atom is 0.407 e. The lowest BCUT2D eigenvalue weighted by molar-refractivity contribution is -0.184. The number of hydrogen-bond acceptors (Lipinski definition) is 6. The Morgan fingerprint density at radius 1 is 1.02 bits per heavy atom. The largest absolute Gasteiger partial charge is 0.481 e. The number of pyridine rings is 1. The van der Waals surface area contributed by atoms with E-state index in [-0.39, 0.29) is 42.0 Å². The molecule has 2 unspecified atom stereocenters. The molecule has 1 aliphatic heterocycles. The number of nitrogens with zero attached hydrogens (tertiary/aromatic N) is 4. The highest BCUT2D eigenvalue weighted by atomic mass is 19.1. The van der Waals surface area contributed by atoms with Gasteiger partial charge in [-0.05, 0) is 57.4 Å². The number of aliphatic carboxylic acids is 1. The molecule has 244 valence electrons. The van der Waals surface area contributed by atoms with Crippen LogP contribution in [0.2, 0.25) is 0 Å². The molecular weight excluding hydrogens is 565 g/mol. The zero-order valence-corrected chi connectivity index (χ0v) is 28.3. The fourth-order valence-electron chi connectivity index (χ4n) is 7.52. The van der Waals surface area contributed by atoms with Crippen LogP contribution in [0.4, 0.5) is 20.8 Å². The molecule has 4 atom stereocenters. The van der Waals surface area contributed by atoms with Crippen LogP contribution in [0.3, 0.4) is 0 Å². The van der Waals surface area contributed by atoms with Crippen LogP contribution in [-0.4, -0.2) is 60.3 Å². The predicted molar refractivity (Wildman–Crippen MR) is 168 cm³/mol. The molecule has 0 aromatic carbocycles. The van der Waals surface area contributed by atoms with Gasteiger partial charge >= 0.3 is 12.1 Å². The summed E-state index contributed by atoms with van der Waals surface area (Å²) in [5.74, 6) is -3.25. The van der Waals surface area contributed by atoms with Crippen molar-refractivity contribution in [3.8, 4) is 0 Å². The fraction of sp³-hybridized carbons (Fsp3) is 0.667. The molecule has 0 aliphatic carbocycles. The average Bonchev–Trinajstić information content (AvgIpc) is 3.23. The Labute approximate surface area is 260 Å². The van der Waals surface area contributed by atoms with Gasteiger partial charge in [0.25, 0.3) is 0 Å². The van der Waals surface area contributed by atoms with Crippen LogP contribution in [0.1, 0.15) is 104 Å². The third-order valence-electron chi connectivity index (χ3n) is 9.04. The van der Waals surface area contributed by atoms with Crippen molar-refractivity contribution in [2.24, 2.45) is 28.1 Å². The van der Waals surface area contributed by atoms with Crippen LogP contribution in [0.5, 0.6) is 0 Å². The summed E-state index contributed by atoms with van der Waals surface area (Å²) >= 11 is 0. The highest BCUT2D eigenvalue weighted by Gasteiger charge is 2.64. The SMILES string of the molecule is CCC(=O)c1cc(Nc2cc(C)n(C(C)(C)C)n2)nc(C[C@@]2(C(=O)O)C(C(C)(C)C)CN(C(=O)O)[C@H](C)C2C(C)(C)C)c1F. The highest BCUT2D eigenvalue weighted by molar-refractivity contribution is 5.97. The molecule has 11 heteroatoms. The molecule has 10 nitrogen and oxygen atoms in total. The molecule has 1 amide bonds. The van der Waals surface area contributed by atoms with Gasteiger partial charge in [0.05, 0.1) is 22.2 Å². The summed E-state index contributed by atoms with van der Waals surface area (Å²) in [6.45, 7) is 22.6. The van der Waals surface area contributed by atoms with Crippen molar-refractivity contribution in [3.63, 3.8) is 0 Å². The van der Waals surface area contributed by atoms with E-state index in [9.17, 15) is 24.6 Å². The number of likely N-dealkylation sites (tertiary alicyclic amines) is 1. The normalized spacial score (nSPS) is 23.0. The third kappa shape index (κ3) is 6.47. The van der Waals surface area contributed by atoms with E-state index in [1.165, 1.54) is 11.0 Å². The van der Waals surface area contributed by atoms with Crippen molar-refractivity contribution in [2.75, 3.05) is 11.9 Å². The Balaban J connectivity index is 2.31. The van der Waals surface area contributed by atoms with Gasteiger partial charge in [0.15, 0.2) is 17.4 Å². The predicted octanol–water partition coefficient (Wildman–Crippen LogP) is 7.14. The Bertz CT molecular complexity index is 1430. The zero-order valence-electron chi connectivity index (χ0n) is 28.3. The van der Waals surface area contributed by atoms with Crippen LogP contribution in [0.25, 0.3) is 0 Å². The standard InChI is InChI=1S/C33H50FN5O5/c1-13-22(40)20-15-24(36-25-14-18(2)39(37-25)32(10,11)12)35-21(26(20)34)16-33(28(41)42)23(30(4,5)6)17-38(29(43)44)19(3)27(33)31(7,8)9/h14-15,19,23,27H,13,16-17H2,1-12H3,(H,41,42)(H,43,44)(H,35,36,37)/t19-,23?,27?,33-/m1/s1. The summed E-state index contributed by atoms with van der Waals surface area (Å²) in [7, 11) is 0. The Morgan fingerprint density at radius 2 is 1.61 bits per heavy atom. The van der Waals surface area contributed by atoms with Crippen molar-refractivity contribution in [1.82, 2.24) is 19.7 Å². The maximum atomic E-state index is 16.4. The van der Waals surface area contributed by atoms with Gasteiger partial charge in [0, 0.05) is 43.1 Å². The lowest BCUT2D eigenvalue weighted by Gasteiger charge is -2.60. The van der Waals surface area contributed by atoms with Crippen LogP contribution in [-0.2, 0) is 16.8 Å². The number of rotatable bonds is 7. The molecule has 3 N–H and O–H groups in total. The van der Waals surface area contributed by atoms with Crippen LogP contribution < -0.4 is 5.32 Å². The second kappa shape index (κ2) is 11.8. The van der Waals surface area contributed by atoms with Gasteiger partial charge in [0.1, 0.15) is 5.82 Å². The molecular formula is C33H50FN5O5. The molecule has 1 saturated heterocycles. The second-order valence-electron chi connectivity index (χ2n) is 15.4. The summed E-state index contributed by atoms with van der Waals surface area (Å²) < 4.78 is 18.2.